The lowest BCUT2D eigenvalue weighted by Gasteiger charge is -2.22. The van der Waals surface area contributed by atoms with Gasteiger partial charge >= 0.3 is 0 Å². The number of hydrogen-bond acceptors (Lipinski definition) is 4. The molecule has 0 fully saturated rings. The molecule has 0 saturated carbocycles. The third-order valence-electron chi connectivity index (χ3n) is 5.14. The van der Waals surface area contributed by atoms with Gasteiger partial charge < -0.3 is 9.72 Å². The second-order valence-corrected chi connectivity index (χ2v) is 7.85. The summed E-state index contributed by atoms with van der Waals surface area (Å²) in [5.41, 5.74) is 7.50. The Balaban J connectivity index is 1.59. The lowest BCUT2D eigenvalue weighted by molar-refractivity contribution is 0.100. The second-order valence-electron chi connectivity index (χ2n) is 7.42. The zero-order valence-electron chi connectivity index (χ0n) is 18.6. The molecule has 0 unspecified atom stereocenters. The van der Waals surface area contributed by atoms with Crippen LogP contribution >= 0.6 is 11.6 Å². The molecule has 7 nitrogen and oxygen atoms in total. The Morgan fingerprint density at radius 1 is 1.15 bits per heavy atom. The number of carbonyl (C=O) groups is 1. The number of methoxy groups -OCH3 is 1. The highest BCUT2D eigenvalue weighted by Gasteiger charge is 2.12. The molecule has 0 saturated heterocycles. The standard InChI is InChI=1S/C26H24ClN5O2/c1-34-25-15-23(10-11-24(25)19-6-3-2-4-7-19)32(31-13-12-22-16-28-17-29-22)18-30-26(33)20-8-5-9-21(27)14-20/h2-11,14-18,31H,12-13H2,1H3,(H,28,29). The van der Waals surface area contributed by atoms with Crippen LogP contribution in [-0.4, -0.2) is 35.9 Å². The van der Waals surface area contributed by atoms with Crippen molar-refractivity contribution in [1.29, 1.82) is 0 Å². The third-order valence-corrected chi connectivity index (χ3v) is 5.38. The molecule has 8 heteroatoms. The third kappa shape index (κ3) is 5.89. The number of rotatable bonds is 9. The molecule has 0 radical (unpaired) electrons. The Morgan fingerprint density at radius 3 is 2.74 bits per heavy atom. The highest BCUT2D eigenvalue weighted by atomic mass is 35.5. The van der Waals surface area contributed by atoms with E-state index in [1.165, 1.54) is 6.34 Å². The van der Waals surface area contributed by atoms with E-state index < -0.39 is 5.91 Å². The SMILES string of the molecule is COc1cc(N(C=NC(=O)c2cccc(Cl)c2)NCCc2cnc[nH]2)ccc1-c1ccccc1. The second kappa shape index (κ2) is 11.3. The summed E-state index contributed by atoms with van der Waals surface area (Å²) in [5, 5.41) is 2.19. The summed E-state index contributed by atoms with van der Waals surface area (Å²) in [6, 6.07) is 22.6. The summed E-state index contributed by atoms with van der Waals surface area (Å²) in [4.78, 5) is 23.9. The number of hydrazine groups is 1. The quantitative estimate of drug-likeness (QED) is 0.199. The minimum absolute atomic E-state index is 0.393. The lowest BCUT2D eigenvalue weighted by atomic mass is 10.0. The Hall–Kier alpha value is -3.94. The van der Waals surface area contributed by atoms with E-state index in [2.05, 4.69) is 20.4 Å². The van der Waals surface area contributed by atoms with Crippen LogP contribution < -0.4 is 15.2 Å². The van der Waals surface area contributed by atoms with Gasteiger partial charge in [-0.15, -0.1) is 0 Å². The summed E-state index contributed by atoms with van der Waals surface area (Å²) in [6.45, 7) is 0.586. The molecule has 2 N–H and O–H groups in total. The smallest absolute Gasteiger partial charge is 0.278 e. The topological polar surface area (TPSA) is 82.6 Å². The van der Waals surface area contributed by atoms with E-state index in [0.717, 1.165) is 22.5 Å². The number of benzene rings is 3. The zero-order chi connectivity index (χ0) is 23.8. The van der Waals surface area contributed by atoms with Gasteiger partial charge in [0.2, 0.25) is 0 Å². The zero-order valence-corrected chi connectivity index (χ0v) is 19.4. The Bertz CT molecular complexity index is 1260. The predicted octanol–water partition coefficient (Wildman–Crippen LogP) is 5.16. The summed E-state index contributed by atoms with van der Waals surface area (Å²) < 4.78 is 5.67. The van der Waals surface area contributed by atoms with Gasteiger partial charge in [-0.3, -0.25) is 9.80 Å². The van der Waals surface area contributed by atoms with Crippen LogP contribution in [0.3, 0.4) is 0 Å². The molecule has 4 rings (SSSR count). The molecule has 0 spiro atoms. The number of nitrogens with zero attached hydrogens (tertiary/aromatic N) is 3. The van der Waals surface area contributed by atoms with E-state index in [0.29, 0.717) is 29.3 Å². The summed E-state index contributed by atoms with van der Waals surface area (Å²) in [7, 11) is 1.64. The van der Waals surface area contributed by atoms with Crippen molar-refractivity contribution in [3.8, 4) is 16.9 Å². The van der Waals surface area contributed by atoms with E-state index in [-0.39, 0.29) is 0 Å². The number of imidazole rings is 1. The van der Waals surface area contributed by atoms with Crippen molar-refractivity contribution < 1.29 is 9.53 Å². The van der Waals surface area contributed by atoms with Crippen LogP contribution in [-0.2, 0) is 6.42 Å². The van der Waals surface area contributed by atoms with Gasteiger partial charge in [-0.2, -0.15) is 4.99 Å². The van der Waals surface area contributed by atoms with Crippen LogP contribution in [0.1, 0.15) is 16.1 Å². The number of aromatic nitrogens is 2. The summed E-state index contributed by atoms with van der Waals surface area (Å²) in [5.74, 6) is 0.314. The molecule has 0 aliphatic heterocycles. The number of nitrogens with one attached hydrogen (secondary N) is 2. The number of aliphatic imine (C=N–C) groups is 1. The van der Waals surface area contributed by atoms with Gasteiger partial charge in [-0.25, -0.2) is 10.4 Å². The Labute approximate surface area is 203 Å². The van der Waals surface area contributed by atoms with Crippen LogP contribution in [0.4, 0.5) is 5.69 Å². The van der Waals surface area contributed by atoms with Crippen LogP contribution in [0.25, 0.3) is 11.1 Å². The highest BCUT2D eigenvalue weighted by Crippen LogP contribution is 2.33. The van der Waals surface area contributed by atoms with Gasteiger partial charge in [0, 0.05) is 47.1 Å². The van der Waals surface area contributed by atoms with E-state index in [4.69, 9.17) is 16.3 Å². The van der Waals surface area contributed by atoms with Crippen molar-refractivity contribution in [3.05, 3.63) is 102 Å². The molecule has 1 heterocycles. The van der Waals surface area contributed by atoms with Crippen molar-refractivity contribution in [2.24, 2.45) is 4.99 Å². The van der Waals surface area contributed by atoms with Crippen LogP contribution in [0.2, 0.25) is 5.02 Å². The fraction of sp³-hybridized carbons (Fsp3) is 0.115. The maximum atomic E-state index is 12.6. The molecule has 172 valence electrons. The number of ether oxygens (including phenoxy) is 1. The molecular weight excluding hydrogens is 450 g/mol. The first-order valence-corrected chi connectivity index (χ1v) is 11.1. The number of aromatic amines is 1. The molecule has 0 aliphatic carbocycles. The van der Waals surface area contributed by atoms with Gasteiger partial charge in [0.15, 0.2) is 0 Å². The minimum atomic E-state index is -0.393. The fourth-order valence-corrected chi connectivity index (χ4v) is 3.61. The van der Waals surface area contributed by atoms with E-state index in [1.54, 1.807) is 48.9 Å². The van der Waals surface area contributed by atoms with Gasteiger partial charge in [-0.05, 0) is 35.9 Å². The molecular formula is C26H24ClN5O2. The van der Waals surface area contributed by atoms with Gasteiger partial charge in [0.25, 0.3) is 5.91 Å². The highest BCUT2D eigenvalue weighted by molar-refractivity contribution is 6.31. The molecule has 0 aliphatic rings. The van der Waals surface area contributed by atoms with Crippen molar-refractivity contribution in [2.45, 2.75) is 6.42 Å². The monoisotopic (exact) mass is 473 g/mol. The Morgan fingerprint density at radius 2 is 2.00 bits per heavy atom. The average molecular weight is 474 g/mol. The number of hydrogen-bond donors (Lipinski definition) is 2. The first kappa shape index (κ1) is 23.2. The molecule has 0 bridgehead atoms. The van der Waals surface area contributed by atoms with E-state index >= 15 is 0 Å². The molecule has 3 aromatic carbocycles. The minimum Gasteiger partial charge on any atom is -0.496 e. The number of halogens is 1. The summed E-state index contributed by atoms with van der Waals surface area (Å²) in [6.07, 6.45) is 5.60. The fourth-order valence-electron chi connectivity index (χ4n) is 3.42. The van der Waals surface area contributed by atoms with Crippen LogP contribution in [0.15, 0.2) is 90.3 Å². The largest absolute Gasteiger partial charge is 0.496 e. The molecule has 1 aromatic heterocycles. The maximum Gasteiger partial charge on any atom is 0.278 e. The normalized spacial score (nSPS) is 11.0. The first-order chi connectivity index (χ1) is 16.6. The number of H-pyrrole nitrogens is 1. The maximum absolute atomic E-state index is 12.6. The number of carbonyl (C=O) groups excluding carboxylic acids is 1. The predicted molar refractivity (Wildman–Crippen MR) is 135 cm³/mol. The first-order valence-electron chi connectivity index (χ1n) is 10.7. The molecule has 1 amide bonds. The molecule has 34 heavy (non-hydrogen) atoms. The number of amides is 1. The summed E-state index contributed by atoms with van der Waals surface area (Å²) >= 11 is 6.01. The lowest BCUT2D eigenvalue weighted by Crippen LogP contribution is -2.38. The van der Waals surface area contributed by atoms with E-state index in [9.17, 15) is 4.79 Å². The van der Waals surface area contributed by atoms with Crippen molar-refractivity contribution in [3.63, 3.8) is 0 Å². The van der Waals surface area contributed by atoms with Crippen molar-refractivity contribution >= 4 is 29.5 Å². The molecule has 0 atom stereocenters. The number of anilines is 1. The van der Waals surface area contributed by atoms with Gasteiger partial charge in [-0.1, -0.05) is 48.0 Å². The molecule has 4 aromatic rings. The van der Waals surface area contributed by atoms with Crippen molar-refractivity contribution in [2.75, 3.05) is 18.7 Å². The van der Waals surface area contributed by atoms with Crippen LogP contribution in [0, 0.1) is 0 Å². The van der Waals surface area contributed by atoms with Gasteiger partial charge in [0.1, 0.15) is 12.1 Å². The average Bonchev–Trinajstić information content (AvgIpc) is 3.39. The Kier molecular flexibility index (Phi) is 7.70. The van der Waals surface area contributed by atoms with E-state index in [1.807, 2.05) is 48.5 Å². The van der Waals surface area contributed by atoms with Gasteiger partial charge in [0.05, 0.1) is 19.1 Å². The van der Waals surface area contributed by atoms with Crippen LogP contribution in [0.5, 0.6) is 5.75 Å². The van der Waals surface area contributed by atoms with Crippen molar-refractivity contribution in [1.82, 2.24) is 15.4 Å².